The first-order valence-electron chi connectivity index (χ1n) is 6.15. The predicted octanol–water partition coefficient (Wildman–Crippen LogP) is 0.300. The molecule has 0 spiro atoms. The van der Waals surface area contributed by atoms with Crippen LogP contribution in [0.2, 0.25) is 0 Å². The fourth-order valence-corrected chi connectivity index (χ4v) is 4.47. The normalized spacial score (nSPS) is 22.5. The molecule has 10 heteroatoms. The fourth-order valence-electron chi connectivity index (χ4n) is 2.22. The number of aliphatic hydroxyl groups is 1. The lowest BCUT2D eigenvalue weighted by molar-refractivity contribution is 0.119. The van der Waals surface area contributed by atoms with E-state index in [1.165, 1.54) is 0 Å². The van der Waals surface area contributed by atoms with Crippen LogP contribution in [0.5, 0.6) is 0 Å². The second-order valence-corrected chi connectivity index (χ2v) is 8.91. The van der Waals surface area contributed by atoms with Gasteiger partial charge in [0.2, 0.25) is 0 Å². The predicted molar refractivity (Wildman–Crippen MR) is 68.5 cm³/mol. The van der Waals surface area contributed by atoms with E-state index in [2.05, 4.69) is 5.32 Å². The van der Waals surface area contributed by atoms with Gasteiger partial charge in [0.25, 0.3) is 5.08 Å². The van der Waals surface area contributed by atoms with E-state index in [-0.39, 0.29) is 12.5 Å². The van der Waals surface area contributed by atoms with Crippen molar-refractivity contribution in [1.82, 2.24) is 5.32 Å². The molecule has 0 aromatic carbocycles. The first-order valence-corrected chi connectivity index (χ1v) is 9.37. The second-order valence-electron chi connectivity index (χ2n) is 4.90. The average molecular weight is 317 g/mol. The summed E-state index contributed by atoms with van der Waals surface area (Å²) in [6, 6.07) is 0.173. The van der Waals surface area contributed by atoms with Gasteiger partial charge in [-0.15, -0.1) is 0 Å². The number of hydrogen-bond donors (Lipinski definition) is 6. The summed E-state index contributed by atoms with van der Waals surface area (Å²) in [6.45, 7) is 0.867. The van der Waals surface area contributed by atoms with Gasteiger partial charge in [0.05, 0.1) is 0 Å². The Bertz CT molecular complexity index is 362. The van der Waals surface area contributed by atoms with Crippen LogP contribution in [0, 0.1) is 0 Å². The monoisotopic (exact) mass is 317 g/mol. The van der Waals surface area contributed by atoms with Crippen LogP contribution in [0.15, 0.2) is 0 Å². The Hall–Kier alpha value is 0.220. The lowest BCUT2D eigenvalue weighted by atomic mass is 10.00. The number of nitrogens with one attached hydrogen (secondary N) is 1. The zero-order chi connectivity index (χ0) is 14.7. The minimum atomic E-state index is -5.31. The van der Waals surface area contributed by atoms with Crippen molar-refractivity contribution in [2.75, 3.05) is 6.54 Å². The first-order chi connectivity index (χ1) is 8.58. The summed E-state index contributed by atoms with van der Waals surface area (Å²) in [4.78, 5) is 35.9. The maximum atomic E-state index is 11.1. The molecule has 1 fully saturated rings. The minimum Gasteiger partial charge on any atom is -0.368 e. The maximum Gasteiger partial charge on any atom is 0.369 e. The summed E-state index contributed by atoms with van der Waals surface area (Å²) >= 11 is 0. The van der Waals surface area contributed by atoms with Crippen molar-refractivity contribution in [2.24, 2.45) is 0 Å². The van der Waals surface area contributed by atoms with Crippen LogP contribution in [-0.4, -0.2) is 42.3 Å². The Morgan fingerprint density at radius 1 is 1.11 bits per heavy atom. The van der Waals surface area contributed by atoms with Gasteiger partial charge in [-0.1, -0.05) is 6.42 Å². The third kappa shape index (κ3) is 4.34. The minimum absolute atomic E-state index is 0.129. The third-order valence-electron chi connectivity index (χ3n) is 3.41. The summed E-state index contributed by atoms with van der Waals surface area (Å²) < 4.78 is 22.2. The van der Waals surface area contributed by atoms with Crippen molar-refractivity contribution in [1.29, 1.82) is 0 Å². The summed E-state index contributed by atoms with van der Waals surface area (Å²) in [5.74, 6) is 0. The molecule has 0 bridgehead atoms. The van der Waals surface area contributed by atoms with Crippen LogP contribution in [0.1, 0.15) is 38.5 Å². The largest absolute Gasteiger partial charge is 0.369 e. The van der Waals surface area contributed by atoms with E-state index in [0.717, 1.165) is 25.8 Å². The van der Waals surface area contributed by atoms with E-state index in [1.54, 1.807) is 0 Å². The van der Waals surface area contributed by atoms with Crippen molar-refractivity contribution >= 4 is 15.2 Å². The lowest BCUT2D eigenvalue weighted by Crippen LogP contribution is -2.35. The zero-order valence-electron chi connectivity index (χ0n) is 10.5. The number of rotatable bonds is 6. The molecule has 1 aliphatic heterocycles. The molecular weight excluding hydrogens is 296 g/mol. The van der Waals surface area contributed by atoms with Gasteiger partial charge in [-0.25, -0.2) is 0 Å². The quantitative estimate of drug-likeness (QED) is 0.383. The average Bonchev–Trinajstić information content (AvgIpc) is 2.27. The number of piperidine rings is 1. The Balaban J connectivity index is 2.60. The van der Waals surface area contributed by atoms with E-state index < -0.39 is 26.7 Å². The van der Waals surface area contributed by atoms with Crippen LogP contribution in [0.4, 0.5) is 0 Å². The molecule has 6 N–H and O–H groups in total. The van der Waals surface area contributed by atoms with Gasteiger partial charge in [-0.3, -0.25) is 9.13 Å². The highest BCUT2D eigenvalue weighted by Gasteiger charge is 2.58. The second kappa shape index (κ2) is 6.33. The van der Waals surface area contributed by atoms with Crippen LogP contribution >= 0.6 is 15.2 Å². The van der Waals surface area contributed by atoms with Gasteiger partial charge in [0.1, 0.15) is 0 Å². The molecule has 114 valence electrons. The summed E-state index contributed by atoms with van der Waals surface area (Å²) in [5.41, 5.74) is 0. The maximum absolute atomic E-state index is 11.1. The molecule has 0 aliphatic carbocycles. The number of hydrogen-bond acceptors (Lipinski definition) is 4. The first kappa shape index (κ1) is 17.3. The molecule has 1 aliphatic rings. The standard InChI is InChI=1S/C9H21NO7P2/c11-9(18(12,13)14,19(15,16)17)6-3-5-8-4-1-2-7-10-8/h8,10-11H,1-7H2,(H2,12,13,14)(H2,15,16,17). The van der Waals surface area contributed by atoms with E-state index in [9.17, 15) is 14.2 Å². The topological polar surface area (TPSA) is 147 Å². The Morgan fingerprint density at radius 2 is 1.68 bits per heavy atom. The molecule has 19 heavy (non-hydrogen) atoms. The molecule has 0 amide bonds. The van der Waals surface area contributed by atoms with Crippen molar-refractivity contribution in [3.05, 3.63) is 0 Å². The summed E-state index contributed by atoms with van der Waals surface area (Å²) in [5, 5.41) is 9.61. The molecule has 0 aromatic rings. The van der Waals surface area contributed by atoms with Crippen molar-refractivity contribution in [2.45, 2.75) is 49.6 Å². The highest BCUT2D eigenvalue weighted by atomic mass is 31.2. The van der Waals surface area contributed by atoms with Crippen LogP contribution in [0.3, 0.4) is 0 Å². The van der Waals surface area contributed by atoms with Gasteiger partial charge < -0.3 is 30.0 Å². The van der Waals surface area contributed by atoms with Crippen LogP contribution in [0.25, 0.3) is 0 Å². The van der Waals surface area contributed by atoms with Gasteiger partial charge in [0, 0.05) is 6.04 Å². The fraction of sp³-hybridized carbons (Fsp3) is 1.00. The van der Waals surface area contributed by atoms with E-state index in [1.807, 2.05) is 0 Å². The van der Waals surface area contributed by atoms with E-state index in [0.29, 0.717) is 6.42 Å². The summed E-state index contributed by atoms with van der Waals surface area (Å²) in [6.07, 6.45) is 3.07. The molecule has 1 saturated heterocycles. The van der Waals surface area contributed by atoms with Crippen LogP contribution in [-0.2, 0) is 9.13 Å². The van der Waals surface area contributed by atoms with Gasteiger partial charge in [-0.05, 0) is 38.6 Å². The van der Waals surface area contributed by atoms with Gasteiger partial charge in [0.15, 0.2) is 0 Å². The molecule has 1 heterocycles. The SMILES string of the molecule is O=P(O)(O)C(O)(CCCC1CCCCN1)P(=O)(O)O. The van der Waals surface area contributed by atoms with Gasteiger partial charge >= 0.3 is 15.2 Å². The Morgan fingerprint density at radius 3 is 2.11 bits per heavy atom. The highest BCUT2D eigenvalue weighted by Crippen LogP contribution is 2.69. The molecule has 0 saturated carbocycles. The molecule has 8 nitrogen and oxygen atoms in total. The zero-order valence-corrected chi connectivity index (χ0v) is 12.3. The van der Waals surface area contributed by atoms with Gasteiger partial charge in [-0.2, -0.15) is 0 Å². The summed E-state index contributed by atoms with van der Waals surface area (Å²) in [7, 11) is -10.6. The van der Waals surface area contributed by atoms with Crippen molar-refractivity contribution in [3.63, 3.8) is 0 Å². The smallest absolute Gasteiger partial charge is 0.368 e. The Labute approximate surface area is 111 Å². The third-order valence-corrected chi connectivity index (χ3v) is 7.29. The van der Waals surface area contributed by atoms with E-state index >= 15 is 0 Å². The molecule has 0 radical (unpaired) electrons. The highest BCUT2D eigenvalue weighted by molar-refractivity contribution is 7.72. The Kier molecular flexibility index (Phi) is 5.75. The molecule has 1 unspecified atom stereocenters. The lowest BCUT2D eigenvalue weighted by Gasteiger charge is -2.30. The molecule has 1 rings (SSSR count). The van der Waals surface area contributed by atoms with Crippen LogP contribution < -0.4 is 5.32 Å². The van der Waals surface area contributed by atoms with Crippen molar-refractivity contribution < 1.29 is 33.8 Å². The molecule has 0 aromatic heterocycles. The molecular formula is C9H21NO7P2. The van der Waals surface area contributed by atoms with Crippen molar-refractivity contribution in [3.8, 4) is 0 Å². The van der Waals surface area contributed by atoms with E-state index in [4.69, 9.17) is 19.6 Å². The molecule has 1 atom stereocenters.